The minimum atomic E-state index is -0.313. The zero-order valence-corrected chi connectivity index (χ0v) is 21.3. The Morgan fingerprint density at radius 1 is 0.861 bits per heavy atom. The van der Waals surface area contributed by atoms with E-state index in [1.807, 2.05) is 12.1 Å². The van der Waals surface area contributed by atoms with Crippen LogP contribution < -0.4 is 4.74 Å². The maximum Gasteiger partial charge on any atom is 0.308 e. The van der Waals surface area contributed by atoms with E-state index in [0.717, 1.165) is 63.6 Å². The molecule has 188 valence electrons. The van der Waals surface area contributed by atoms with Gasteiger partial charge in [-0.25, -0.2) is 0 Å². The van der Waals surface area contributed by atoms with E-state index in [0.29, 0.717) is 11.7 Å². The van der Waals surface area contributed by atoms with Gasteiger partial charge in [0.2, 0.25) is 5.91 Å². The van der Waals surface area contributed by atoms with Crippen LogP contribution in [-0.2, 0) is 16.0 Å². The highest BCUT2D eigenvalue weighted by atomic mass is 16.5. The molecule has 0 radical (unpaired) electrons. The molecule has 0 spiro atoms. The molecule has 0 saturated heterocycles. The number of esters is 1. The lowest BCUT2D eigenvalue weighted by Crippen LogP contribution is -2.37. The number of benzene rings is 3. The summed E-state index contributed by atoms with van der Waals surface area (Å²) in [6.45, 7) is 2.90. The second kappa shape index (κ2) is 13.1. The van der Waals surface area contributed by atoms with E-state index < -0.39 is 0 Å². The van der Waals surface area contributed by atoms with Gasteiger partial charge in [-0.3, -0.25) is 9.59 Å². The fraction of sp³-hybridized carbons (Fsp3) is 0.375. The zero-order chi connectivity index (χ0) is 25.2. The van der Waals surface area contributed by atoms with Gasteiger partial charge in [0.25, 0.3) is 0 Å². The van der Waals surface area contributed by atoms with Crippen molar-refractivity contribution in [3.05, 3.63) is 102 Å². The Hall–Kier alpha value is -3.40. The summed E-state index contributed by atoms with van der Waals surface area (Å²) in [5.41, 5.74) is 3.70. The first kappa shape index (κ1) is 25.7. The van der Waals surface area contributed by atoms with Gasteiger partial charge >= 0.3 is 5.97 Å². The number of hydrogen-bond acceptors (Lipinski definition) is 3. The molecule has 1 aliphatic rings. The zero-order valence-electron chi connectivity index (χ0n) is 21.3. The van der Waals surface area contributed by atoms with Gasteiger partial charge in [-0.1, -0.05) is 85.6 Å². The van der Waals surface area contributed by atoms with Crippen molar-refractivity contribution in [2.75, 3.05) is 13.1 Å². The predicted molar refractivity (Wildman–Crippen MR) is 144 cm³/mol. The quantitative estimate of drug-likeness (QED) is 0.223. The summed E-state index contributed by atoms with van der Waals surface area (Å²) in [6.07, 6.45) is 6.96. The highest BCUT2D eigenvalue weighted by molar-refractivity contribution is 5.79. The first-order valence-corrected chi connectivity index (χ1v) is 13.3. The maximum atomic E-state index is 13.5. The van der Waals surface area contributed by atoms with Crippen LogP contribution in [0.25, 0.3) is 0 Å². The Labute approximate surface area is 215 Å². The fourth-order valence-electron chi connectivity index (χ4n) is 5.35. The molecule has 1 amide bonds. The molecule has 0 bridgehead atoms. The predicted octanol–water partition coefficient (Wildman–Crippen LogP) is 6.79. The van der Waals surface area contributed by atoms with Crippen LogP contribution in [0.2, 0.25) is 0 Å². The third-order valence-electron chi connectivity index (χ3n) is 7.16. The molecule has 0 atom stereocenters. The molecule has 0 N–H and O–H groups in total. The monoisotopic (exact) mass is 483 g/mol. The van der Waals surface area contributed by atoms with Gasteiger partial charge < -0.3 is 9.64 Å². The van der Waals surface area contributed by atoms with Crippen LogP contribution in [-0.4, -0.2) is 29.9 Å². The lowest BCUT2D eigenvalue weighted by molar-refractivity contribution is -0.135. The van der Waals surface area contributed by atoms with Crippen LogP contribution in [0.3, 0.4) is 0 Å². The first-order valence-electron chi connectivity index (χ1n) is 13.3. The SMILES string of the molecule is CC(=O)Oc1cccc(CCCN(CCC(c2ccccc2)c2ccccc2)C(=O)C2CCCC2)c1. The molecule has 0 heterocycles. The van der Waals surface area contributed by atoms with Gasteiger partial charge in [-0.2, -0.15) is 0 Å². The van der Waals surface area contributed by atoms with E-state index in [1.54, 1.807) is 6.07 Å². The molecule has 4 heteroatoms. The lowest BCUT2D eigenvalue weighted by Gasteiger charge is -2.28. The van der Waals surface area contributed by atoms with Crippen molar-refractivity contribution in [2.24, 2.45) is 5.92 Å². The molecule has 3 aromatic rings. The largest absolute Gasteiger partial charge is 0.427 e. The summed E-state index contributed by atoms with van der Waals surface area (Å²) in [5.74, 6) is 1.01. The average Bonchev–Trinajstić information content (AvgIpc) is 3.44. The van der Waals surface area contributed by atoms with Crippen LogP contribution in [0.15, 0.2) is 84.9 Å². The van der Waals surface area contributed by atoms with Crippen molar-refractivity contribution in [3.8, 4) is 5.75 Å². The van der Waals surface area contributed by atoms with Gasteiger partial charge in [-0.15, -0.1) is 0 Å². The number of rotatable bonds is 11. The van der Waals surface area contributed by atoms with Crippen molar-refractivity contribution in [3.63, 3.8) is 0 Å². The van der Waals surface area contributed by atoms with Crippen LogP contribution in [0.5, 0.6) is 5.75 Å². The molecule has 0 aliphatic heterocycles. The van der Waals surface area contributed by atoms with E-state index >= 15 is 0 Å². The smallest absolute Gasteiger partial charge is 0.308 e. The molecule has 1 fully saturated rings. The summed E-state index contributed by atoms with van der Waals surface area (Å²) < 4.78 is 5.23. The summed E-state index contributed by atoms with van der Waals surface area (Å²) >= 11 is 0. The molecule has 4 rings (SSSR count). The molecular weight excluding hydrogens is 446 g/mol. The van der Waals surface area contributed by atoms with Crippen molar-refractivity contribution in [2.45, 2.75) is 57.8 Å². The van der Waals surface area contributed by atoms with E-state index in [1.165, 1.54) is 18.1 Å². The number of nitrogens with zero attached hydrogens (tertiary/aromatic N) is 1. The summed E-state index contributed by atoms with van der Waals surface area (Å²) in [4.78, 5) is 26.9. The standard InChI is InChI=1S/C32H37NO3/c1-25(34)36-30-20-10-12-26(24-30)13-11-22-33(32(35)29-18-8-9-19-29)23-21-31(27-14-4-2-5-15-27)28-16-6-3-7-17-28/h2-7,10,12,14-17,20,24,29,31H,8-9,11,13,18-19,21-23H2,1H3. The summed E-state index contributed by atoms with van der Waals surface area (Å²) in [7, 11) is 0. The van der Waals surface area contributed by atoms with Crippen molar-refractivity contribution >= 4 is 11.9 Å². The molecule has 3 aromatic carbocycles. The second-order valence-corrected chi connectivity index (χ2v) is 9.81. The number of carbonyl (C=O) groups excluding carboxylic acids is 2. The Balaban J connectivity index is 1.44. The summed E-state index contributed by atoms with van der Waals surface area (Å²) in [5, 5.41) is 0. The number of ether oxygens (including phenoxy) is 1. The molecule has 0 unspecified atom stereocenters. The van der Waals surface area contributed by atoms with Crippen LogP contribution >= 0.6 is 0 Å². The highest BCUT2D eigenvalue weighted by Crippen LogP contribution is 2.30. The molecule has 36 heavy (non-hydrogen) atoms. The molecule has 4 nitrogen and oxygen atoms in total. The van der Waals surface area contributed by atoms with Gasteiger partial charge in [-0.05, 0) is 60.9 Å². The fourth-order valence-corrected chi connectivity index (χ4v) is 5.35. The number of aryl methyl sites for hydroxylation is 1. The molecule has 1 saturated carbocycles. The van der Waals surface area contributed by atoms with Gasteiger partial charge in [0.15, 0.2) is 0 Å². The van der Waals surface area contributed by atoms with Crippen LogP contribution in [0.4, 0.5) is 0 Å². The second-order valence-electron chi connectivity index (χ2n) is 9.81. The number of amides is 1. The van der Waals surface area contributed by atoms with Crippen LogP contribution in [0.1, 0.15) is 68.1 Å². The molecule has 0 aromatic heterocycles. The minimum absolute atomic E-state index is 0.171. The van der Waals surface area contributed by atoms with E-state index in [-0.39, 0.29) is 17.8 Å². The van der Waals surface area contributed by atoms with E-state index in [4.69, 9.17) is 4.74 Å². The van der Waals surface area contributed by atoms with Crippen molar-refractivity contribution < 1.29 is 14.3 Å². The maximum absolute atomic E-state index is 13.5. The van der Waals surface area contributed by atoms with E-state index in [9.17, 15) is 9.59 Å². The molecular formula is C32H37NO3. The Morgan fingerprint density at radius 2 is 1.50 bits per heavy atom. The third-order valence-corrected chi connectivity index (χ3v) is 7.16. The normalized spacial score (nSPS) is 13.6. The highest BCUT2D eigenvalue weighted by Gasteiger charge is 2.27. The van der Waals surface area contributed by atoms with Gasteiger partial charge in [0.05, 0.1) is 0 Å². The van der Waals surface area contributed by atoms with Gasteiger partial charge in [0, 0.05) is 31.8 Å². The third kappa shape index (κ3) is 7.30. The van der Waals surface area contributed by atoms with Crippen molar-refractivity contribution in [1.82, 2.24) is 4.90 Å². The molecule has 1 aliphatic carbocycles. The van der Waals surface area contributed by atoms with E-state index in [2.05, 4.69) is 71.6 Å². The van der Waals surface area contributed by atoms with Gasteiger partial charge in [0.1, 0.15) is 5.75 Å². The van der Waals surface area contributed by atoms with Crippen molar-refractivity contribution in [1.29, 1.82) is 0 Å². The first-order chi connectivity index (χ1) is 17.6. The Kier molecular flexibility index (Phi) is 9.32. The minimum Gasteiger partial charge on any atom is -0.427 e. The van der Waals surface area contributed by atoms with Crippen LogP contribution in [0, 0.1) is 5.92 Å². The average molecular weight is 484 g/mol. The Morgan fingerprint density at radius 3 is 2.11 bits per heavy atom. The topological polar surface area (TPSA) is 46.6 Å². The lowest BCUT2D eigenvalue weighted by atomic mass is 9.88. The number of hydrogen-bond donors (Lipinski definition) is 0. The Bertz CT molecular complexity index is 1070. The summed E-state index contributed by atoms with van der Waals surface area (Å²) in [6, 6.07) is 28.9. The number of carbonyl (C=O) groups is 2.